The summed E-state index contributed by atoms with van der Waals surface area (Å²) in [5.74, 6) is -1.01. The molecule has 6 heteroatoms. The van der Waals surface area contributed by atoms with Gasteiger partial charge in [0.05, 0.1) is 19.6 Å². The topological polar surface area (TPSA) is 24.9 Å². The molecule has 2 saturated carbocycles. The number of hydrogen-bond donors (Lipinski definition) is 0. The van der Waals surface area contributed by atoms with Crippen LogP contribution in [0.2, 0.25) is 0 Å². The Morgan fingerprint density at radius 1 is 1.17 bits per heavy atom. The summed E-state index contributed by atoms with van der Waals surface area (Å²) in [6.07, 6.45) is 6.46. The normalized spacial score (nSPS) is 31.5. The number of fused-ring (bicyclic) bond motifs is 3. The Labute approximate surface area is 172 Å². The molecule has 29 heavy (non-hydrogen) atoms. The van der Waals surface area contributed by atoms with E-state index in [2.05, 4.69) is 22.9 Å². The summed E-state index contributed by atoms with van der Waals surface area (Å²) in [6, 6.07) is 5.15. The maximum Gasteiger partial charge on any atom is 0.255 e. The first-order valence-electron chi connectivity index (χ1n) is 11.1. The summed E-state index contributed by atoms with van der Waals surface area (Å²) in [4.78, 5) is 5.18. The van der Waals surface area contributed by atoms with E-state index in [1.165, 1.54) is 36.8 Å². The van der Waals surface area contributed by atoms with Gasteiger partial charge in [-0.05, 0) is 49.1 Å². The molecule has 0 aromatic heterocycles. The molecular weight excluding hydrogens is 374 g/mol. The molecule has 5 rings (SSSR count). The van der Waals surface area contributed by atoms with Crippen molar-refractivity contribution in [2.24, 2.45) is 11.8 Å². The first-order valence-corrected chi connectivity index (χ1v) is 11.1. The van der Waals surface area contributed by atoms with Gasteiger partial charge in [-0.1, -0.05) is 19.3 Å². The second kappa shape index (κ2) is 7.38. The van der Waals surface area contributed by atoms with Crippen molar-refractivity contribution < 1.29 is 18.3 Å². The number of halogens is 2. The molecule has 1 saturated heterocycles. The molecule has 2 aliphatic carbocycles. The SMILES string of the molecule is COc1cc2c(cc1OCC1CC1(F)F)CCN1C[C@@H](CC3CCC3)N(C)C[C@H]21. The van der Waals surface area contributed by atoms with Crippen molar-refractivity contribution in [3.63, 3.8) is 0 Å². The minimum atomic E-state index is -2.55. The highest BCUT2D eigenvalue weighted by molar-refractivity contribution is 5.50. The van der Waals surface area contributed by atoms with Crippen LogP contribution in [-0.4, -0.2) is 62.2 Å². The second-order valence-electron chi connectivity index (χ2n) is 9.56. The number of likely N-dealkylation sites (N-methyl/N-ethyl adjacent to an activating group) is 1. The van der Waals surface area contributed by atoms with Gasteiger partial charge in [0, 0.05) is 38.1 Å². The van der Waals surface area contributed by atoms with Crippen LogP contribution in [0.15, 0.2) is 12.1 Å². The third-order valence-electron chi connectivity index (χ3n) is 7.65. The highest BCUT2D eigenvalue weighted by atomic mass is 19.3. The lowest BCUT2D eigenvalue weighted by atomic mass is 9.79. The number of rotatable bonds is 6. The monoisotopic (exact) mass is 406 g/mol. The van der Waals surface area contributed by atoms with Gasteiger partial charge in [-0.3, -0.25) is 4.90 Å². The lowest BCUT2D eigenvalue weighted by Gasteiger charge is -2.49. The Kier molecular flexibility index (Phi) is 4.98. The number of benzene rings is 1. The van der Waals surface area contributed by atoms with E-state index < -0.39 is 11.8 Å². The zero-order chi connectivity index (χ0) is 20.2. The number of methoxy groups -OCH3 is 1. The molecule has 1 aromatic carbocycles. The fraction of sp³-hybridized carbons (Fsp3) is 0.739. The van der Waals surface area contributed by atoms with E-state index in [1.54, 1.807) is 7.11 Å². The average Bonchev–Trinajstić information content (AvgIpc) is 3.29. The van der Waals surface area contributed by atoms with Gasteiger partial charge in [0.2, 0.25) is 0 Å². The van der Waals surface area contributed by atoms with Crippen molar-refractivity contribution in [2.75, 3.05) is 40.4 Å². The zero-order valence-electron chi connectivity index (χ0n) is 17.5. The largest absolute Gasteiger partial charge is 0.493 e. The van der Waals surface area contributed by atoms with Gasteiger partial charge in [0.15, 0.2) is 11.5 Å². The summed E-state index contributed by atoms with van der Waals surface area (Å²) >= 11 is 0. The third kappa shape index (κ3) is 3.74. The van der Waals surface area contributed by atoms with Crippen molar-refractivity contribution >= 4 is 0 Å². The molecule has 1 aromatic rings. The maximum atomic E-state index is 13.2. The summed E-state index contributed by atoms with van der Waals surface area (Å²) in [6.45, 7) is 3.28. The molecule has 0 N–H and O–H groups in total. The molecule has 4 nitrogen and oxygen atoms in total. The predicted molar refractivity (Wildman–Crippen MR) is 108 cm³/mol. The van der Waals surface area contributed by atoms with Gasteiger partial charge < -0.3 is 14.4 Å². The fourth-order valence-electron chi connectivity index (χ4n) is 5.31. The molecular formula is C23H32F2N2O2. The standard InChI is InChI=1S/C23H32F2N2O2/c1-26-13-20-19-10-21(28-2)22(29-14-17-11-23(17,24)25)9-16(19)6-7-27(20)12-18(26)8-15-4-3-5-15/h9-10,15,17-18,20H,3-8,11-14H2,1-2H3/t17?,18-,20-/m1/s1. The Balaban J connectivity index is 1.31. The first-order chi connectivity index (χ1) is 13.9. The summed E-state index contributed by atoms with van der Waals surface area (Å²) in [5.41, 5.74) is 2.58. The van der Waals surface area contributed by atoms with Crippen LogP contribution >= 0.6 is 0 Å². The van der Waals surface area contributed by atoms with Crippen molar-refractivity contribution in [1.82, 2.24) is 9.80 Å². The van der Waals surface area contributed by atoms with E-state index >= 15 is 0 Å². The molecule has 160 valence electrons. The van der Waals surface area contributed by atoms with E-state index in [0.717, 1.165) is 32.0 Å². The molecule has 0 spiro atoms. The molecule has 0 radical (unpaired) electrons. The first kappa shape index (κ1) is 19.6. The van der Waals surface area contributed by atoms with Gasteiger partial charge in [0.25, 0.3) is 5.92 Å². The van der Waals surface area contributed by atoms with E-state index in [0.29, 0.717) is 23.6 Å². The van der Waals surface area contributed by atoms with Crippen LogP contribution in [0, 0.1) is 11.8 Å². The van der Waals surface area contributed by atoms with Crippen LogP contribution in [0.5, 0.6) is 11.5 Å². The molecule has 3 fully saturated rings. The van der Waals surface area contributed by atoms with Gasteiger partial charge >= 0.3 is 0 Å². The van der Waals surface area contributed by atoms with Crippen molar-refractivity contribution in [2.45, 2.75) is 56.5 Å². The van der Waals surface area contributed by atoms with E-state index in [-0.39, 0.29) is 13.0 Å². The molecule has 1 unspecified atom stereocenters. The van der Waals surface area contributed by atoms with Crippen LogP contribution in [0.1, 0.15) is 49.3 Å². The van der Waals surface area contributed by atoms with Gasteiger partial charge in [-0.2, -0.15) is 0 Å². The Morgan fingerprint density at radius 3 is 2.62 bits per heavy atom. The average molecular weight is 407 g/mol. The Morgan fingerprint density at radius 2 is 1.97 bits per heavy atom. The highest BCUT2D eigenvalue weighted by Crippen LogP contribution is 2.49. The Bertz CT molecular complexity index is 767. The van der Waals surface area contributed by atoms with Crippen molar-refractivity contribution in [3.8, 4) is 11.5 Å². The van der Waals surface area contributed by atoms with Crippen LogP contribution in [0.3, 0.4) is 0 Å². The number of alkyl halides is 2. The van der Waals surface area contributed by atoms with Crippen LogP contribution in [-0.2, 0) is 6.42 Å². The van der Waals surface area contributed by atoms with Crippen LogP contribution in [0.25, 0.3) is 0 Å². The lowest BCUT2D eigenvalue weighted by molar-refractivity contribution is 0.0217. The number of hydrogen-bond acceptors (Lipinski definition) is 4. The van der Waals surface area contributed by atoms with Crippen molar-refractivity contribution in [1.29, 1.82) is 0 Å². The molecule has 0 bridgehead atoms. The maximum absolute atomic E-state index is 13.2. The minimum Gasteiger partial charge on any atom is -0.493 e. The second-order valence-corrected chi connectivity index (χ2v) is 9.56. The molecule has 0 amide bonds. The van der Waals surface area contributed by atoms with Gasteiger partial charge in [-0.25, -0.2) is 8.78 Å². The summed E-state index contributed by atoms with van der Waals surface area (Å²) in [7, 11) is 3.89. The minimum absolute atomic E-state index is 0.0588. The molecule has 2 heterocycles. The molecule has 2 aliphatic heterocycles. The zero-order valence-corrected chi connectivity index (χ0v) is 17.5. The van der Waals surface area contributed by atoms with Crippen molar-refractivity contribution in [3.05, 3.63) is 23.3 Å². The van der Waals surface area contributed by atoms with E-state index in [9.17, 15) is 8.78 Å². The Hall–Kier alpha value is -1.40. The van der Waals surface area contributed by atoms with Gasteiger partial charge in [0.1, 0.15) is 0 Å². The fourth-order valence-corrected chi connectivity index (χ4v) is 5.31. The molecule has 4 aliphatic rings. The van der Waals surface area contributed by atoms with Crippen LogP contribution < -0.4 is 9.47 Å². The highest BCUT2D eigenvalue weighted by Gasteiger charge is 2.57. The van der Waals surface area contributed by atoms with E-state index in [4.69, 9.17) is 9.47 Å². The third-order valence-corrected chi connectivity index (χ3v) is 7.65. The van der Waals surface area contributed by atoms with Gasteiger partial charge in [-0.15, -0.1) is 0 Å². The number of piperazine rings is 1. The predicted octanol–water partition coefficient (Wildman–Crippen LogP) is 4.13. The lowest BCUT2D eigenvalue weighted by Crippen LogP contribution is -2.55. The summed E-state index contributed by atoms with van der Waals surface area (Å²) in [5, 5.41) is 0. The number of ether oxygens (including phenoxy) is 2. The molecule has 3 atom stereocenters. The smallest absolute Gasteiger partial charge is 0.255 e. The van der Waals surface area contributed by atoms with Crippen LogP contribution in [0.4, 0.5) is 8.78 Å². The summed E-state index contributed by atoms with van der Waals surface area (Å²) < 4.78 is 37.7. The number of nitrogens with zero attached hydrogens (tertiary/aromatic N) is 2. The van der Waals surface area contributed by atoms with E-state index in [1.807, 2.05) is 6.07 Å². The quantitative estimate of drug-likeness (QED) is 0.709.